The molecule has 0 amide bonds. The van der Waals surface area contributed by atoms with Gasteiger partial charge in [0.1, 0.15) is 23.0 Å². The minimum absolute atomic E-state index is 0.190. The first kappa shape index (κ1) is 26.5. The van der Waals surface area contributed by atoms with E-state index in [0.29, 0.717) is 29.4 Å². The molecule has 0 saturated heterocycles. The van der Waals surface area contributed by atoms with E-state index in [-0.39, 0.29) is 23.4 Å². The highest BCUT2D eigenvalue weighted by atomic mass is 79.9. The fraction of sp³-hybridized carbons (Fsp3) is 0.0833. The van der Waals surface area contributed by atoms with E-state index in [2.05, 4.69) is 63.7 Å². The molecule has 4 aromatic rings. The van der Waals surface area contributed by atoms with Gasteiger partial charge in [-0.1, -0.05) is 0 Å². The average molecular weight is 720 g/mol. The van der Waals surface area contributed by atoms with Gasteiger partial charge in [0.25, 0.3) is 0 Å². The van der Waals surface area contributed by atoms with Crippen molar-refractivity contribution in [3.63, 3.8) is 0 Å². The molecule has 0 aliphatic carbocycles. The molecule has 0 bridgehead atoms. The number of aromatic hydroxyl groups is 2. The number of benzene rings is 4. The van der Waals surface area contributed by atoms with Crippen LogP contribution in [0, 0.1) is 0 Å². The van der Waals surface area contributed by atoms with Crippen molar-refractivity contribution in [2.75, 3.05) is 0 Å². The number of halogens is 4. The normalized spacial score (nSPS) is 10.5. The van der Waals surface area contributed by atoms with Crippen LogP contribution in [0.5, 0.6) is 23.0 Å². The van der Waals surface area contributed by atoms with Crippen molar-refractivity contribution in [1.29, 1.82) is 0 Å². The van der Waals surface area contributed by atoms with Crippen molar-refractivity contribution >= 4 is 97.2 Å². The fourth-order valence-electron chi connectivity index (χ4n) is 2.99. The first-order chi connectivity index (χ1) is 15.9. The first-order valence-corrected chi connectivity index (χ1v) is 12.7. The molecule has 0 fully saturated rings. The van der Waals surface area contributed by atoms with Crippen LogP contribution in [0.4, 0.5) is 0 Å². The number of fused-ring (bicyclic) bond motifs is 2. The Hall–Kier alpha value is -2.14. The Morgan fingerprint density at radius 3 is 1.18 bits per heavy atom. The number of carbonyl (C=O) groups excluding carboxylic acids is 2. The maximum absolute atomic E-state index is 11.0. The Bertz CT molecular complexity index is 1280. The molecule has 34 heavy (non-hydrogen) atoms. The van der Waals surface area contributed by atoms with E-state index in [4.69, 9.17) is 9.47 Å². The minimum atomic E-state index is -0.388. The molecule has 176 valence electrons. The van der Waals surface area contributed by atoms with Crippen LogP contribution in [0.3, 0.4) is 0 Å². The maximum atomic E-state index is 11.0. The van der Waals surface area contributed by atoms with Crippen molar-refractivity contribution < 1.29 is 29.3 Å². The lowest BCUT2D eigenvalue weighted by Gasteiger charge is -2.09. The SMILES string of the molecule is CC(=O)Oc1cc2cc(Br)c(OC(C)=O)cc2cc1Br.Oc1cc2cc(Br)c(O)cc2cc1Br. The maximum Gasteiger partial charge on any atom is 0.308 e. The Morgan fingerprint density at radius 1 is 0.559 bits per heavy atom. The summed E-state index contributed by atoms with van der Waals surface area (Å²) in [5, 5.41) is 22.4. The van der Waals surface area contributed by atoms with E-state index in [9.17, 15) is 19.8 Å². The highest BCUT2D eigenvalue weighted by Gasteiger charge is 2.11. The van der Waals surface area contributed by atoms with E-state index in [1.807, 2.05) is 0 Å². The second-order valence-corrected chi connectivity index (χ2v) is 10.5. The van der Waals surface area contributed by atoms with E-state index in [0.717, 1.165) is 21.5 Å². The molecule has 2 N–H and O–H groups in total. The van der Waals surface area contributed by atoms with Gasteiger partial charge in [-0.3, -0.25) is 9.59 Å². The lowest BCUT2D eigenvalue weighted by molar-refractivity contribution is -0.132. The predicted octanol–water partition coefficient (Wildman–Crippen LogP) is 7.99. The number of ether oxygens (including phenoxy) is 2. The monoisotopic (exact) mass is 716 g/mol. The summed E-state index contributed by atoms with van der Waals surface area (Å²) in [6.07, 6.45) is 0. The molecule has 10 heteroatoms. The second-order valence-electron chi connectivity index (χ2n) is 7.05. The smallest absolute Gasteiger partial charge is 0.308 e. The van der Waals surface area contributed by atoms with Crippen LogP contribution < -0.4 is 9.47 Å². The first-order valence-electron chi connectivity index (χ1n) is 9.55. The van der Waals surface area contributed by atoms with Gasteiger partial charge in [0.05, 0.1) is 17.9 Å². The van der Waals surface area contributed by atoms with Gasteiger partial charge in [0.2, 0.25) is 0 Å². The molecule has 4 aromatic carbocycles. The summed E-state index contributed by atoms with van der Waals surface area (Å²) in [5.41, 5.74) is 0. The molecule has 4 rings (SSSR count). The average Bonchev–Trinajstić information content (AvgIpc) is 2.72. The Morgan fingerprint density at radius 2 is 0.853 bits per heavy atom. The van der Waals surface area contributed by atoms with Gasteiger partial charge in [-0.25, -0.2) is 0 Å². The van der Waals surface area contributed by atoms with Crippen molar-refractivity contribution in [2.24, 2.45) is 0 Å². The zero-order valence-corrected chi connectivity index (χ0v) is 24.0. The molecule has 0 radical (unpaired) electrons. The summed E-state index contributed by atoms with van der Waals surface area (Å²) in [6, 6.07) is 13.9. The van der Waals surface area contributed by atoms with Gasteiger partial charge in [0, 0.05) is 13.8 Å². The van der Waals surface area contributed by atoms with Crippen LogP contribution in [-0.4, -0.2) is 22.2 Å². The molecular formula is C24H16Br4O6. The van der Waals surface area contributed by atoms with Crippen LogP contribution >= 0.6 is 63.7 Å². The standard InChI is InChI=1S/C14H10Br2O4.C10H6Br2O2/c1-7(17)19-13-5-9-4-12(16)14(20-8(2)18)6-10(9)3-11(13)15;11-7-1-5-3-10(14)8(12)2-6(5)4-9(7)13/h3-6H,1-2H3;1-4,13-14H. The molecular weight excluding hydrogens is 704 g/mol. The van der Waals surface area contributed by atoms with Gasteiger partial charge in [-0.15, -0.1) is 0 Å². The number of hydrogen-bond donors (Lipinski definition) is 2. The highest BCUT2D eigenvalue weighted by molar-refractivity contribution is 9.11. The number of phenolic OH excluding ortho intramolecular Hbond substituents is 2. The number of rotatable bonds is 2. The summed E-state index contributed by atoms with van der Waals surface area (Å²) >= 11 is 13.1. The summed E-state index contributed by atoms with van der Waals surface area (Å²) in [5.74, 6) is 0.487. The van der Waals surface area contributed by atoms with Gasteiger partial charge in [-0.2, -0.15) is 0 Å². The zero-order chi connectivity index (χ0) is 25.2. The Kier molecular flexibility index (Phi) is 8.62. The lowest BCUT2D eigenvalue weighted by atomic mass is 10.1. The summed E-state index contributed by atoms with van der Waals surface area (Å²) < 4.78 is 12.7. The molecule has 0 spiro atoms. The van der Waals surface area contributed by atoms with Gasteiger partial charge < -0.3 is 19.7 Å². The van der Waals surface area contributed by atoms with Crippen LogP contribution in [0.15, 0.2) is 66.4 Å². The molecule has 0 aliphatic rings. The Labute approximate surface area is 228 Å². The van der Waals surface area contributed by atoms with Gasteiger partial charge >= 0.3 is 11.9 Å². The fourth-order valence-corrected chi connectivity index (χ4v) is 4.59. The van der Waals surface area contributed by atoms with E-state index >= 15 is 0 Å². The zero-order valence-electron chi connectivity index (χ0n) is 17.7. The largest absolute Gasteiger partial charge is 0.507 e. The third-order valence-electron chi connectivity index (χ3n) is 4.42. The van der Waals surface area contributed by atoms with Crippen LogP contribution in [0.25, 0.3) is 21.5 Å². The van der Waals surface area contributed by atoms with Crippen molar-refractivity contribution in [3.8, 4) is 23.0 Å². The predicted molar refractivity (Wildman–Crippen MR) is 145 cm³/mol. The number of hydrogen-bond acceptors (Lipinski definition) is 6. The molecule has 0 saturated carbocycles. The van der Waals surface area contributed by atoms with Crippen LogP contribution in [0.2, 0.25) is 0 Å². The quantitative estimate of drug-likeness (QED) is 0.161. The molecule has 0 atom stereocenters. The molecule has 0 aromatic heterocycles. The molecule has 0 aliphatic heterocycles. The topological polar surface area (TPSA) is 93.1 Å². The molecule has 6 nitrogen and oxygen atoms in total. The molecule has 0 heterocycles. The second kappa shape index (κ2) is 11.1. The molecule has 0 unspecified atom stereocenters. The van der Waals surface area contributed by atoms with Gasteiger partial charge in [-0.05, 0) is 134 Å². The van der Waals surface area contributed by atoms with Crippen molar-refractivity contribution in [2.45, 2.75) is 13.8 Å². The Balaban J connectivity index is 0.000000202. The van der Waals surface area contributed by atoms with Crippen molar-refractivity contribution in [3.05, 3.63) is 66.4 Å². The highest BCUT2D eigenvalue weighted by Crippen LogP contribution is 2.37. The van der Waals surface area contributed by atoms with E-state index in [1.54, 1.807) is 48.5 Å². The lowest BCUT2D eigenvalue weighted by Crippen LogP contribution is -2.03. The third-order valence-corrected chi connectivity index (χ3v) is 6.93. The summed E-state index contributed by atoms with van der Waals surface area (Å²) in [4.78, 5) is 22.1. The van der Waals surface area contributed by atoms with Gasteiger partial charge in [0.15, 0.2) is 0 Å². The minimum Gasteiger partial charge on any atom is -0.507 e. The van der Waals surface area contributed by atoms with E-state index < -0.39 is 0 Å². The van der Waals surface area contributed by atoms with Crippen LogP contribution in [0.1, 0.15) is 13.8 Å². The van der Waals surface area contributed by atoms with Crippen molar-refractivity contribution in [1.82, 2.24) is 0 Å². The summed E-state index contributed by atoms with van der Waals surface area (Å²) in [7, 11) is 0. The number of esters is 2. The number of carbonyl (C=O) groups is 2. The van der Waals surface area contributed by atoms with Crippen LogP contribution in [-0.2, 0) is 9.59 Å². The number of phenols is 2. The summed E-state index contributed by atoms with van der Waals surface area (Å²) in [6.45, 7) is 2.69. The van der Waals surface area contributed by atoms with E-state index in [1.165, 1.54) is 13.8 Å². The third kappa shape index (κ3) is 6.50.